The van der Waals surface area contributed by atoms with E-state index in [-0.39, 0.29) is 5.78 Å². The smallest absolute Gasteiger partial charge is 0.164 e. The lowest BCUT2D eigenvalue weighted by molar-refractivity contribution is 0.0972. The summed E-state index contributed by atoms with van der Waals surface area (Å²) in [6, 6.07) is 3.60. The van der Waals surface area contributed by atoms with Crippen molar-refractivity contribution in [3.63, 3.8) is 0 Å². The SMILES string of the molecule is COc1cc(Cl)c2c(c1)CCCC2=O. The van der Waals surface area contributed by atoms with E-state index < -0.39 is 0 Å². The number of benzene rings is 1. The number of fused-ring (bicyclic) bond motifs is 1. The van der Waals surface area contributed by atoms with E-state index in [1.54, 1.807) is 13.2 Å². The molecule has 0 N–H and O–H groups in total. The molecule has 0 unspecified atom stereocenters. The summed E-state index contributed by atoms with van der Waals surface area (Å²) in [7, 11) is 1.60. The van der Waals surface area contributed by atoms with Crippen LogP contribution < -0.4 is 4.74 Å². The van der Waals surface area contributed by atoms with Gasteiger partial charge in [0.05, 0.1) is 12.1 Å². The molecule has 1 aromatic carbocycles. The van der Waals surface area contributed by atoms with Crippen molar-refractivity contribution in [3.8, 4) is 5.75 Å². The number of aryl methyl sites for hydroxylation is 1. The third kappa shape index (κ3) is 1.50. The van der Waals surface area contributed by atoms with E-state index in [1.807, 2.05) is 6.07 Å². The van der Waals surface area contributed by atoms with Crippen LogP contribution in [0.15, 0.2) is 12.1 Å². The first kappa shape index (κ1) is 9.53. The average Bonchev–Trinajstić information content (AvgIpc) is 2.17. The Hall–Kier alpha value is -1.02. The largest absolute Gasteiger partial charge is 0.497 e. The molecule has 0 fully saturated rings. The van der Waals surface area contributed by atoms with Crippen molar-refractivity contribution in [2.75, 3.05) is 7.11 Å². The van der Waals surface area contributed by atoms with E-state index in [0.717, 1.165) is 24.2 Å². The molecule has 0 amide bonds. The summed E-state index contributed by atoms with van der Waals surface area (Å²) in [5.41, 5.74) is 1.71. The monoisotopic (exact) mass is 210 g/mol. The van der Waals surface area contributed by atoms with Gasteiger partial charge >= 0.3 is 0 Å². The first-order valence-electron chi connectivity index (χ1n) is 4.62. The number of carbonyl (C=O) groups excluding carboxylic acids is 1. The topological polar surface area (TPSA) is 26.3 Å². The highest BCUT2D eigenvalue weighted by molar-refractivity contribution is 6.34. The highest BCUT2D eigenvalue weighted by Crippen LogP contribution is 2.31. The number of rotatable bonds is 1. The van der Waals surface area contributed by atoms with Gasteiger partial charge in [-0.2, -0.15) is 0 Å². The van der Waals surface area contributed by atoms with Gasteiger partial charge in [-0.05, 0) is 30.5 Å². The molecular formula is C11H11ClO2. The molecule has 0 aromatic heterocycles. The maximum absolute atomic E-state index is 11.6. The number of hydrogen-bond donors (Lipinski definition) is 0. The normalized spacial score (nSPS) is 15.1. The number of halogens is 1. The second kappa shape index (κ2) is 3.62. The molecular weight excluding hydrogens is 200 g/mol. The first-order chi connectivity index (χ1) is 6.72. The van der Waals surface area contributed by atoms with Crippen LogP contribution >= 0.6 is 11.6 Å². The van der Waals surface area contributed by atoms with E-state index in [4.69, 9.17) is 16.3 Å². The van der Waals surface area contributed by atoms with E-state index in [2.05, 4.69) is 0 Å². The Morgan fingerprint density at radius 1 is 1.36 bits per heavy atom. The Balaban J connectivity index is 2.56. The number of carbonyl (C=O) groups is 1. The number of ketones is 1. The Bertz CT molecular complexity index is 385. The molecule has 0 saturated carbocycles. The quantitative estimate of drug-likeness (QED) is 0.713. The maximum Gasteiger partial charge on any atom is 0.164 e. The third-order valence-electron chi connectivity index (χ3n) is 2.51. The van der Waals surface area contributed by atoms with Crippen LogP contribution in [-0.4, -0.2) is 12.9 Å². The van der Waals surface area contributed by atoms with Crippen molar-refractivity contribution in [3.05, 3.63) is 28.3 Å². The zero-order chi connectivity index (χ0) is 10.1. The Morgan fingerprint density at radius 3 is 2.86 bits per heavy atom. The molecule has 0 saturated heterocycles. The second-order valence-corrected chi connectivity index (χ2v) is 3.83. The predicted octanol–water partition coefficient (Wildman–Crippen LogP) is 2.87. The summed E-state index contributed by atoms with van der Waals surface area (Å²) >= 11 is 6.02. The van der Waals surface area contributed by atoms with Gasteiger partial charge in [0.1, 0.15) is 5.75 Å². The summed E-state index contributed by atoms with van der Waals surface area (Å²) in [6.07, 6.45) is 2.44. The van der Waals surface area contributed by atoms with Crippen LogP contribution in [-0.2, 0) is 6.42 Å². The summed E-state index contributed by atoms with van der Waals surface area (Å²) in [5, 5.41) is 0.518. The van der Waals surface area contributed by atoms with Gasteiger partial charge < -0.3 is 4.74 Å². The minimum Gasteiger partial charge on any atom is -0.497 e. The highest BCUT2D eigenvalue weighted by Gasteiger charge is 2.20. The molecule has 0 aliphatic heterocycles. The summed E-state index contributed by atoms with van der Waals surface area (Å²) in [4.78, 5) is 11.6. The van der Waals surface area contributed by atoms with Crippen molar-refractivity contribution in [2.45, 2.75) is 19.3 Å². The van der Waals surface area contributed by atoms with E-state index >= 15 is 0 Å². The van der Waals surface area contributed by atoms with E-state index in [0.29, 0.717) is 17.0 Å². The summed E-state index contributed by atoms with van der Waals surface area (Å²) < 4.78 is 5.10. The Morgan fingerprint density at radius 2 is 2.14 bits per heavy atom. The second-order valence-electron chi connectivity index (χ2n) is 3.42. The molecule has 1 aromatic rings. The highest BCUT2D eigenvalue weighted by atomic mass is 35.5. The van der Waals surface area contributed by atoms with Crippen LogP contribution in [0, 0.1) is 0 Å². The van der Waals surface area contributed by atoms with Crippen LogP contribution in [0.1, 0.15) is 28.8 Å². The van der Waals surface area contributed by atoms with Gasteiger partial charge in [0, 0.05) is 12.0 Å². The van der Waals surface area contributed by atoms with Gasteiger partial charge in [0.2, 0.25) is 0 Å². The molecule has 0 spiro atoms. The third-order valence-corrected chi connectivity index (χ3v) is 2.81. The number of ether oxygens (including phenoxy) is 1. The predicted molar refractivity (Wildman–Crippen MR) is 55.3 cm³/mol. The van der Waals surface area contributed by atoms with Crippen molar-refractivity contribution >= 4 is 17.4 Å². The van der Waals surface area contributed by atoms with Crippen LogP contribution in [0.25, 0.3) is 0 Å². The molecule has 2 nitrogen and oxygen atoms in total. The number of hydrogen-bond acceptors (Lipinski definition) is 2. The molecule has 0 atom stereocenters. The van der Waals surface area contributed by atoms with Gasteiger partial charge in [-0.3, -0.25) is 4.79 Å². The first-order valence-corrected chi connectivity index (χ1v) is 5.00. The zero-order valence-corrected chi connectivity index (χ0v) is 8.73. The fraction of sp³-hybridized carbons (Fsp3) is 0.364. The molecule has 1 aliphatic carbocycles. The summed E-state index contributed by atoms with van der Waals surface area (Å²) in [5.74, 6) is 0.877. The minimum absolute atomic E-state index is 0.152. The summed E-state index contributed by atoms with van der Waals surface area (Å²) in [6.45, 7) is 0. The van der Waals surface area contributed by atoms with Crippen LogP contribution in [0.3, 0.4) is 0 Å². The molecule has 3 heteroatoms. The molecule has 0 bridgehead atoms. The average molecular weight is 211 g/mol. The molecule has 0 radical (unpaired) electrons. The minimum atomic E-state index is 0.152. The van der Waals surface area contributed by atoms with Crippen molar-refractivity contribution in [2.24, 2.45) is 0 Å². The number of methoxy groups -OCH3 is 1. The van der Waals surface area contributed by atoms with Gasteiger partial charge in [0.15, 0.2) is 5.78 Å². The van der Waals surface area contributed by atoms with Crippen LogP contribution in [0.5, 0.6) is 5.75 Å². The fourth-order valence-electron chi connectivity index (χ4n) is 1.83. The van der Waals surface area contributed by atoms with Gasteiger partial charge in [0.25, 0.3) is 0 Å². The number of Topliss-reactive ketones (excluding diaryl/α,β-unsaturated/α-hetero) is 1. The van der Waals surface area contributed by atoms with Crippen LogP contribution in [0.2, 0.25) is 5.02 Å². The molecule has 74 valence electrons. The van der Waals surface area contributed by atoms with Gasteiger partial charge in [-0.25, -0.2) is 0 Å². The molecule has 14 heavy (non-hydrogen) atoms. The zero-order valence-electron chi connectivity index (χ0n) is 7.97. The van der Waals surface area contributed by atoms with Crippen molar-refractivity contribution in [1.82, 2.24) is 0 Å². The molecule has 2 rings (SSSR count). The Kier molecular flexibility index (Phi) is 2.46. The lowest BCUT2D eigenvalue weighted by Crippen LogP contribution is -2.11. The fourth-order valence-corrected chi connectivity index (χ4v) is 2.16. The van der Waals surface area contributed by atoms with Crippen molar-refractivity contribution < 1.29 is 9.53 Å². The van der Waals surface area contributed by atoms with Gasteiger partial charge in [-0.1, -0.05) is 11.6 Å². The molecule has 0 heterocycles. The van der Waals surface area contributed by atoms with Gasteiger partial charge in [-0.15, -0.1) is 0 Å². The van der Waals surface area contributed by atoms with E-state index in [9.17, 15) is 4.79 Å². The lowest BCUT2D eigenvalue weighted by atomic mass is 9.90. The standard InChI is InChI=1S/C11H11ClO2/c1-14-8-5-7-3-2-4-10(13)11(7)9(12)6-8/h5-6H,2-4H2,1H3. The van der Waals surface area contributed by atoms with Crippen molar-refractivity contribution in [1.29, 1.82) is 0 Å². The molecule has 1 aliphatic rings. The lowest BCUT2D eigenvalue weighted by Gasteiger charge is -2.16. The maximum atomic E-state index is 11.6. The Labute approximate surface area is 87.8 Å². The van der Waals surface area contributed by atoms with E-state index in [1.165, 1.54) is 0 Å². The van der Waals surface area contributed by atoms with Crippen LogP contribution in [0.4, 0.5) is 0 Å².